The van der Waals surface area contributed by atoms with Crippen molar-refractivity contribution >= 4 is 56.1 Å². The van der Waals surface area contributed by atoms with E-state index in [1.807, 2.05) is 19.1 Å². The first-order valence-electron chi connectivity index (χ1n) is 9.25. The number of benzene rings is 2. The van der Waals surface area contributed by atoms with Gasteiger partial charge in [0.05, 0.1) is 4.90 Å². The molecule has 0 aliphatic carbocycles. The number of aryl methyl sites for hydroxylation is 1. The second kappa shape index (κ2) is 9.67. The Morgan fingerprint density at radius 2 is 1.87 bits per heavy atom. The molecule has 10 heteroatoms. The van der Waals surface area contributed by atoms with Gasteiger partial charge in [0.25, 0.3) is 10.0 Å². The van der Waals surface area contributed by atoms with Gasteiger partial charge in [0.2, 0.25) is 11.8 Å². The van der Waals surface area contributed by atoms with Crippen LogP contribution in [0.15, 0.2) is 70.5 Å². The van der Waals surface area contributed by atoms with Gasteiger partial charge >= 0.3 is 0 Å². The molecule has 1 saturated heterocycles. The lowest BCUT2D eigenvalue weighted by atomic mass is 10.2. The molecule has 0 bridgehead atoms. The SMILES string of the molecule is C=CCN1C(=O)[C@@H](CC(=O)Nc2ccc(C)cc2)SC1=NS(=O)(=O)c1ccc(Cl)cc1. The van der Waals surface area contributed by atoms with Crippen LogP contribution in [-0.2, 0) is 19.6 Å². The van der Waals surface area contributed by atoms with Crippen molar-refractivity contribution in [1.29, 1.82) is 0 Å². The predicted molar refractivity (Wildman–Crippen MR) is 124 cm³/mol. The molecular weight excluding hydrogens is 458 g/mol. The van der Waals surface area contributed by atoms with Gasteiger partial charge < -0.3 is 5.32 Å². The first-order chi connectivity index (χ1) is 14.7. The van der Waals surface area contributed by atoms with E-state index in [1.54, 1.807) is 12.1 Å². The maximum absolute atomic E-state index is 12.8. The average molecular weight is 478 g/mol. The summed E-state index contributed by atoms with van der Waals surface area (Å²) >= 11 is 6.76. The summed E-state index contributed by atoms with van der Waals surface area (Å²) in [4.78, 5) is 26.4. The predicted octanol–water partition coefficient (Wildman–Crippen LogP) is 3.85. The van der Waals surface area contributed by atoms with Crippen molar-refractivity contribution in [3.05, 3.63) is 71.8 Å². The standard InChI is InChI=1S/C21H20ClN3O4S2/c1-3-12-25-20(27)18(13-19(26)23-16-8-4-14(2)5-9-16)30-21(25)24-31(28,29)17-10-6-15(22)7-11-17/h3-11,18H,1,12-13H2,2H3,(H,23,26)/t18-/m1/s1. The Kier molecular flexibility index (Phi) is 7.19. The maximum Gasteiger partial charge on any atom is 0.284 e. The van der Waals surface area contributed by atoms with Crippen LogP contribution in [0.1, 0.15) is 12.0 Å². The molecule has 2 aromatic carbocycles. The zero-order valence-electron chi connectivity index (χ0n) is 16.6. The smallest absolute Gasteiger partial charge is 0.284 e. The van der Waals surface area contributed by atoms with Crippen LogP contribution in [0.4, 0.5) is 5.69 Å². The fourth-order valence-corrected chi connectivity index (χ4v) is 5.28. The summed E-state index contributed by atoms with van der Waals surface area (Å²) < 4.78 is 29.2. The Balaban J connectivity index is 1.78. The molecule has 31 heavy (non-hydrogen) atoms. The van der Waals surface area contributed by atoms with Gasteiger partial charge in [-0.1, -0.05) is 47.1 Å². The summed E-state index contributed by atoms with van der Waals surface area (Å²) in [6, 6.07) is 12.8. The molecule has 0 saturated carbocycles. The number of anilines is 1. The van der Waals surface area contributed by atoms with E-state index in [2.05, 4.69) is 16.3 Å². The average Bonchev–Trinajstić information content (AvgIpc) is 2.98. The molecule has 1 aliphatic heterocycles. The number of carbonyl (C=O) groups is 2. The molecule has 1 heterocycles. The largest absolute Gasteiger partial charge is 0.326 e. The Labute approximate surface area is 190 Å². The molecule has 2 aromatic rings. The summed E-state index contributed by atoms with van der Waals surface area (Å²) in [5.41, 5.74) is 1.68. The quantitative estimate of drug-likeness (QED) is 0.611. The Morgan fingerprint density at radius 3 is 2.48 bits per heavy atom. The second-order valence-corrected chi connectivity index (χ2v) is 9.98. The third-order valence-electron chi connectivity index (χ3n) is 4.35. The van der Waals surface area contributed by atoms with Crippen LogP contribution in [0.25, 0.3) is 0 Å². The molecule has 2 amide bonds. The molecule has 0 unspecified atom stereocenters. The topological polar surface area (TPSA) is 95.9 Å². The minimum atomic E-state index is -4.06. The van der Waals surface area contributed by atoms with Crippen LogP contribution >= 0.6 is 23.4 Å². The van der Waals surface area contributed by atoms with Gasteiger partial charge in [-0.05, 0) is 43.3 Å². The number of halogens is 1. The molecule has 1 atom stereocenters. The number of thioether (sulfide) groups is 1. The molecule has 0 spiro atoms. The zero-order valence-corrected chi connectivity index (χ0v) is 19.0. The lowest BCUT2D eigenvalue weighted by Crippen LogP contribution is -2.33. The van der Waals surface area contributed by atoms with Gasteiger partial charge in [0.15, 0.2) is 5.17 Å². The van der Waals surface area contributed by atoms with Crippen molar-refractivity contribution in [3.8, 4) is 0 Å². The van der Waals surface area contributed by atoms with Crippen LogP contribution in [0, 0.1) is 6.92 Å². The number of amidine groups is 1. The number of amides is 2. The zero-order chi connectivity index (χ0) is 22.6. The first kappa shape index (κ1) is 23.1. The Morgan fingerprint density at radius 1 is 1.23 bits per heavy atom. The van der Waals surface area contributed by atoms with Crippen molar-refractivity contribution in [3.63, 3.8) is 0 Å². The van der Waals surface area contributed by atoms with Gasteiger partial charge in [0, 0.05) is 23.7 Å². The number of rotatable bonds is 7. The molecule has 1 aliphatic rings. The molecule has 1 N–H and O–H groups in total. The third kappa shape index (κ3) is 5.75. The highest BCUT2D eigenvalue weighted by Gasteiger charge is 2.39. The molecule has 162 valence electrons. The number of nitrogens with one attached hydrogen (secondary N) is 1. The Hall–Kier alpha value is -2.62. The molecule has 0 aromatic heterocycles. The first-order valence-corrected chi connectivity index (χ1v) is 12.0. The van der Waals surface area contributed by atoms with Gasteiger partial charge in [-0.15, -0.1) is 11.0 Å². The molecule has 3 rings (SSSR count). The van der Waals surface area contributed by atoms with E-state index in [0.29, 0.717) is 10.7 Å². The third-order valence-corrected chi connectivity index (χ3v) is 7.17. The van der Waals surface area contributed by atoms with Crippen molar-refractivity contribution in [1.82, 2.24) is 4.90 Å². The summed E-state index contributed by atoms with van der Waals surface area (Å²) in [6.45, 7) is 5.62. The molecular formula is C21H20ClN3O4S2. The van der Waals surface area contributed by atoms with E-state index >= 15 is 0 Å². The van der Waals surface area contributed by atoms with Crippen LogP contribution in [0.2, 0.25) is 5.02 Å². The number of nitrogens with zero attached hydrogens (tertiary/aromatic N) is 2. The molecule has 7 nitrogen and oxygen atoms in total. The highest BCUT2D eigenvalue weighted by atomic mass is 35.5. The van der Waals surface area contributed by atoms with Crippen molar-refractivity contribution in [2.45, 2.75) is 23.5 Å². The van der Waals surface area contributed by atoms with Gasteiger partial charge in [-0.3, -0.25) is 14.5 Å². The number of hydrogen-bond donors (Lipinski definition) is 1. The summed E-state index contributed by atoms with van der Waals surface area (Å²) in [6.07, 6.45) is 1.35. The van der Waals surface area contributed by atoms with Crippen LogP contribution < -0.4 is 5.32 Å². The van der Waals surface area contributed by atoms with Crippen molar-refractivity contribution < 1.29 is 18.0 Å². The second-order valence-electron chi connectivity index (χ2n) is 6.77. The monoisotopic (exact) mass is 477 g/mol. The highest BCUT2D eigenvalue weighted by Crippen LogP contribution is 2.31. The van der Waals surface area contributed by atoms with Gasteiger partial charge in [-0.25, -0.2) is 0 Å². The van der Waals surface area contributed by atoms with Crippen molar-refractivity contribution in [2.75, 3.05) is 11.9 Å². The van der Waals surface area contributed by atoms with E-state index in [0.717, 1.165) is 17.3 Å². The van der Waals surface area contributed by atoms with E-state index < -0.39 is 21.2 Å². The van der Waals surface area contributed by atoms with E-state index in [9.17, 15) is 18.0 Å². The fourth-order valence-electron chi connectivity index (χ4n) is 2.79. The van der Waals surface area contributed by atoms with E-state index in [1.165, 1.54) is 35.2 Å². The lowest BCUT2D eigenvalue weighted by Gasteiger charge is -2.13. The van der Waals surface area contributed by atoms with Crippen LogP contribution in [0.5, 0.6) is 0 Å². The van der Waals surface area contributed by atoms with E-state index in [4.69, 9.17) is 11.6 Å². The minimum Gasteiger partial charge on any atom is -0.326 e. The van der Waals surface area contributed by atoms with Gasteiger partial charge in [0.1, 0.15) is 5.25 Å². The van der Waals surface area contributed by atoms with Gasteiger partial charge in [-0.2, -0.15) is 8.42 Å². The van der Waals surface area contributed by atoms with Crippen molar-refractivity contribution in [2.24, 2.45) is 4.40 Å². The molecule has 1 fully saturated rings. The number of carbonyl (C=O) groups excluding carboxylic acids is 2. The molecule has 0 radical (unpaired) electrons. The van der Waals surface area contributed by atoms with Crippen LogP contribution in [0.3, 0.4) is 0 Å². The number of hydrogen-bond acceptors (Lipinski definition) is 5. The Bertz CT molecular complexity index is 1130. The summed E-state index contributed by atoms with van der Waals surface area (Å²) in [7, 11) is -4.06. The normalized spacial score (nSPS) is 17.7. The maximum atomic E-state index is 12.8. The highest BCUT2D eigenvalue weighted by molar-refractivity contribution is 8.16. The number of sulfonamides is 1. The lowest BCUT2D eigenvalue weighted by molar-refractivity contribution is -0.127. The summed E-state index contributed by atoms with van der Waals surface area (Å²) in [5.74, 6) is -0.746. The van der Waals surface area contributed by atoms with Crippen LogP contribution in [-0.4, -0.2) is 42.1 Å². The summed E-state index contributed by atoms with van der Waals surface area (Å²) in [5, 5.41) is 2.36. The van der Waals surface area contributed by atoms with E-state index in [-0.39, 0.29) is 28.9 Å². The minimum absolute atomic E-state index is 0.00739. The fraction of sp³-hybridized carbons (Fsp3) is 0.190.